The maximum absolute atomic E-state index is 4.45. The number of fused-ring (bicyclic) bond motifs is 1. The van der Waals surface area contributed by atoms with Crippen LogP contribution in [-0.4, -0.2) is 11.5 Å². The molecule has 20 heavy (non-hydrogen) atoms. The first kappa shape index (κ1) is 14.6. The molecule has 2 rings (SSSR count). The number of rotatable bonds is 6. The molecule has 1 N–H and O–H groups in total. The molecule has 0 fully saturated rings. The maximum atomic E-state index is 4.45. The van der Waals surface area contributed by atoms with Crippen LogP contribution in [0.25, 0.3) is 10.9 Å². The molecule has 0 amide bonds. The number of hydrogen-bond donors (Lipinski definition) is 1. The third kappa shape index (κ3) is 3.59. The van der Waals surface area contributed by atoms with Crippen LogP contribution in [0.2, 0.25) is 0 Å². The Labute approximate surface area is 121 Å². The van der Waals surface area contributed by atoms with Gasteiger partial charge in [-0.1, -0.05) is 25.1 Å². The molecule has 0 aliphatic heterocycles. The van der Waals surface area contributed by atoms with E-state index in [1.807, 2.05) is 19.2 Å². The fourth-order valence-electron chi connectivity index (χ4n) is 2.45. The summed E-state index contributed by atoms with van der Waals surface area (Å²) in [5.41, 5.74) is 2.40. The second-order valence-electron chi connectivity index (χ2n) is 4.89. The van der Waals surface area contributed by atoms with Crippen LogP contribution in [-0.2, 0) is 0 Å². The predicted octanol–water partition coefficient (Wildman–Crippen LogP) is 4.08. The molecule has 2 heteroatoms. The number of hydrogen-bond acceptors (Lipinski definition) is 2. The van der Waals surface area contributed by atoms with E-state index in [9.17, 15) is 0 Å². The lowest BCUT2D eigenvalue weighted by Crippen LogP contribution is -2.22. The van der Waals surface area contributed by atoms with E-state index in [0.717, 1.165) is 31.3 Å². The number of pyridine rings is 1. The molecule has 1 heterocycles. The maximum Gasteiger partial charge on any atom is 0.0705 e. The van der Waals surface area contributed by atoms with Gasteiger partial charge >= 0.3 is 0 Å². The summed E-state index contributed by atoms with van der Waals surface area (Å²) in [4.78, 5) is 4.45. The zero-order valence-electron chi connectivity index (χ0n) is 12.3. The van der Waals surface area contributed by atoms with Crippen molar-refractivity contribution in [2.45, 2.75) is 39.2 Å². The topological polar surface area (TPSA) is 24.9 Å². The highest BCUT2D eigenvalue weighted by Gasteiger charge is 2.13. The lowest BCUT2D eigenvalue weighted by Gasteiger charge is -2.19. The average molecular weight is 266 g/mol. The monoisotopic (exact) mass is 266 g/mol. The molecule has 2 aromatic rings. The van der Waals surface area contributed by atoms with Crippen molar-refractivity contribution in [2.75, 3.05) is 6.54 Å². The third-order valence-electron chi connectivity index (χ3n) is 3.43. The van der Waals surface area contributed by atoms with Crippen molar-refractivity contribution in [1.82, 2.24) is 10.3 Å². The minimum atomic E-state index is 0.351. The summed E-state index contributed by atoms with van der Waals surface area (Å²) < 4.78 is 0. The van der Waals surface area contributed by atoms with Gasteiger partial charge in [0.25, 0.3) is 0 Å². The fraction of sp³-hybridized carbons (Fsp3) is 0.389. The quantitative estimate of drug-likeness (QED) is 0.797. The Morgan fingerprint density at radius 2 is 2.10 bits per heavy atom. The van der Waals surface area contributed by atoms with Crippen molar-refractivity contribution in [1.29, 1.82) is 0 Å². The van der Waals surface area contributed by atoms with E-state index in [1.54, 1.807) is 0 Å². The molecule has 0 bridgehead atoms. The molecule has 2 nitrogen and oxygen atoms in total. The van der Waals surface area contributed by atoms with Crippen LogP contribution in [0.15, 0.2) is 36.5 Å². The average Bonchev–Trinajstić information content (AvgIpc) is 2.50. The molecule has 0 aliphatic carbocycles. The first-order valence-electron chi connectivity index (χ1n) is 7.33. The predicted molar refractivity (Wildman–Crippen MR) is 85.5 cm³/mol. The van der Waals surface area contributed by atoms with Gasteiger partial charge in [0, 0.05) is 24.0 Å². The van der Waals surface area contributed by atoms with Gasteiger partial charge in [-0.15, -0.1) is 11.8 Å². The highest BCUT2D eigenvalue weighted by molar-refractivity contribution is 5.82. The van der Waals surface area contributed by atoms with Crippen LogP contribution < -0.4 is 5.32 Å². The lowest BCUT2D eigenvalue weighted by atomic mass is 9.98. The molecule has 1 atom stereocenters. The van der Waals surface area contributed by atoms with Crippen LogP contribution in [0.5, 0.6) is 0 Å². The SMILES string of the molecule is CC#CCCC(NCCC)c1ccnc2ccccc12. The van der Waals surface area contributed by atoms with Gasteiger partial charge in [-0.3, -0.25) is 4.98 Å². The Kier molecular flexibility index (Phi) is 5.58. The number of para-hydroxylation sites is 1. The number of nitrogens with one attached hydrogen (secondary N) is 1. The number of benzene rings is 1. The largest absolute Gasteiger partial charge is 0.310 e. The zero-order chi connectivity index (χ0) is 14.2. The molecule has 0 aliphatic rings. The Balaban J connectivity index is 2.30. The summed E-state index contributed by atoms with van der Waals surface area (Å²) in [5, 5.41) is 4.88. The van der Waals surface area contributed by atoms with Crippen LogP contribution in [0.4, 0.5) is 0 Å². The van der Waals surface area contributed by atoms with Crippen LogP contribution >= 0.6 is 0 Å². The van der Waals surface area contributed by atoms with Crippen LogP contribution in [0, 0.1) is 11.8 Å². The molecule has 0 saturated carbocycles. The second-order valence-corrected chi connectivity index (χ2v) is 4.89. The smallest absolute Gasteiger partial charge is 0.0705 e. The molecule has 1 aromatic carbocycles. The van der Waals surface area contributed by atoms with Gasteiger partial charge in [0.2, 0.25) is 0 Å². The minimum Gasteiger partial charge on any atom is -0.310 e. The second kappa shape index (κ2) is 7.67. The number of aromatic nitrogens is 1. The Bertz CT molecular complexity index is 602. The molecule has 0 spiro atoms. The van der Waals surface area contributed by atoms with Crippen molar-refractivity contribution < 1.29 is 0 Å². The summed E-state index contributed by atoms with van der Waals surface area (Å²) in [6, 6.07) is 10.8. The molecular formula is C18H22N2. The molecule has 0 saturated heterocycles. The third-order valence-corrected chi connectivity index (χ3v) is 3.43. The van der Waals surface area contributed by atoms with E-state index < -0.39 is 0 Å². The van der Waals surface area contributed by atoms with Crippen molar-refractivity contribution >= 4 is 10.9 Å². The van der Waals surface area contributed by atoms with Gasteiger partial charge in [0.15, 0.2) is 0 Å². The van der Waals surface area contributed by atoms with Crippen molar-refractivity contribution in [3.05, 3.63) is 42.1 Å². The zero-order valence-corrected chi connectivity index (χ0v) is 12.3. The molecule has 1 unspecified atom stereocenters. The Morgan fingerprint density at radius 1 is 1.25 bits per heavy atom. The summed E-state index contributed by atoms with van der Waals surface area (Å²) in [5.74, 6) is 6.15. The van der Waals surface area contributed by atoms with Crippen LogP contribution in [0.3, 0.4) is 0 Å². The standard InChI is InChI=1S/C18H22N2/c1-3-5-6-10-18(19-13-4-2)16-12-14-20-17-11-8-7-9-15(16)17/h7-9,11-12,14,18-19H,4,6,10,13H2,1-2H3. The van der Waals surface area contributed by atoms with Crippen molar-refractivity contribution in [2.24, 2.45) is 0 Å². The van der Waals surface area contributed by atoms with E-state index in [1.165, 1.54) is 10.9 Å². The van der Waals surface area contributed by atoms with Gasteiger partial charge in [-0.2, -0.15) is 0 Å². The van der Waals surface area contributed by atoms with Crippen molar-refractivity contribution in [3.8, 4) is 11.8 Å². The number of nitrogens with zero attached hydrogens (tertiary/aromatic N) is 1. The van der Waals surface area contributed by atoms with E-state index in [2.05, 4.69) is 53.3 Å². The Morgan fingerprint density at radius 3 is 2.90 bits per heavy atom. The fourth-order valence-corrected chi connectivity index (χ4v) is 2.45. The molecule has 0 radical (unpaired) electrons. The first-order valence-corrected chi connectivity index (χ1v) is 7.33. The molecular weight excluding hydrogens is 244 g/mol. The van der Waals surface area contributed by atoms with E-state index in [4.69, 9.17) is 0 Å². The molecule has 1 aromatic heterocycles. The van der Waals surface area contributed by atoms with Gasteiger partial charge in [0.1, 0.15) is 0 Å². The normalized spacial score (nSPS) is 11.9. The van der Waals surface area contributed by atoms with Gasteiger partial charge in [0.05, 0.1) is 5.52 Å². The minimum absolute atomic E-state index is 0.351. The van der Waals surface area contributed by atoms with E-state index in [0.29, 0.717) is 6.04 Å². The van der Waals surface area contributed by atoms with Crippen LogP contribution in [0.1, 0.15) is 44.7 Å². The highest BCUT2D eigenvalue weighted by Crippen LogP contribution is 2.25. The van der Waals surface area contributed by atoms with Gasteiger partial charge in [-0.25, -0.2) is 0 Å². The van der Waals surface area contributed by atoms with Gasteiger partial charge < -0.3 is 5.32 Å². The molecule has 104 valence electrons. The summed E-state index contributed by atoms with van der Waals surface area (Å²) in [6.07, 6.45) is 5.01. The van der Waals surface area contributed by atoms with E-state index >= 15 is 0 Å². The summed E-state index contributed by atoms with van der Waals surface area (Å²) in [7, 11) is 0. The van der Waals surface area contributed by atoms with E-state index in [-0.39, 0.29) is 0 Å². The summed E-state index contributed by atoms with van der Waals surface area (Å²) >= 11 is 0. The Hall–Kier alpha value is -1.85. The van der Waals surface area contributed by atoms with Gasteiger partial charge in [-0.05, 0) is 44.0 Å². The lowest BCUT2D eigenvalue weighted by molar-refractivity contribution is 0.508. The first-order chi connectivity index (χ1) is 9.86. The highest BCUT2D eigenvalue weighted by atomic mass is 14.9. The summed E-state index contributed by atoms with van der Waals surface area (Å²) in [6.45, 7) is 5.12. The van der Waals surface area contributed by atoms with Crippen molar-refractivity contribution in [3.63, 3.8) is 0 Å².